The molecule has 0 aromatic carbocycles. The van der Waals surface area contributed by atoms with Crippen LogP contribution in [0.25, 0.3) is 0 Å². The molecule has 21 heavy (non-hydrogen) atoms. The van der Waals surface area contributed by atoms with Crippen molar-refractivity contribution in [2.45, 2.75) is 24.0 Å². The molecule has 1 fully saturated rings. The molecule has 0 bridgehead atoms. The SMILES string of the molecule is O=[N+]([O-])C(F)(C1OCOC1C(F)([N+](=O)[O-])[N+](=O)[O-])[N+](=O)[O-]. The van der Waals surface area contributed by atoms with Gasteiger partial charge in [0.1, 0.15) is 26.5 Å². The quantitative estimate of drug-likeness (QED) is 0.256. The standard InChI is InChI=1S/C5H4F2N4O10/c6-4(8(12)13,9(14)15)2-3(21-1-20-2)5(7,10(16)17)11(18)19/h2-3H,1H2. The molecule has 0 aromatic heterocycles. The molecule has 0 radical (unpaired) electrons. The van der Waals surface area contributed by atoms with Crippen LogP contribution in [0.1, 0.15) is 0 Å². The predicted molar refractivity (Wildman–Crippen MR) is 50.3 cm³/mol. The molecule has 1 aliphatic heterocycles. The first-order chi connectivity index (χ1) is 9.50. The second-order valence-corrected chi connectivity index (χ2v) is 3.59. The van der Waals surface area contributed by atoms with Crippen LogP contribution in [0.15, 0.2) is 0 Å². The van der Waals surface area contributed by atoms with Gasteiger partial charge in [-0.05, 0) is 0 Å². The van der Waals surface area contributed by atoms with E-state index in [0.717, 1.165) is 0 Å². The van der Waals surface area contributed by atoms with E-state index in [-0.39, 0.29) is 0 Å². The van der Waals surface area contributed by atoms with E-state index in [4.69, 9.17) is 0 Å². The van der Waals surface area contributed by atoms with E-state index in [1.807, 2.05) is 0 Å². The summed E-state index contributed by atoms with van der Waals surface area (Å²) >= 11 is 0. The average molecular weight is 318 g/mol. The second kappa shape index (κ2) is 5.05. The lowest BCUT2D eigenvalue weighted by Crippen LogP contribution is -2.64. The monoisotopic (exact) mass is 318 g/mol. The minimum atomic E-state index is -4.77. The molecule has 1 heterocycles. The Labute approximate surface area is 110 Å². The third kappa shape index (κ3) is 2.18. The summed E-state index contributed by atoms with van der Waals surface area (Å²) in [7, 11) is 0. The van der Waals surface area contributed by atoms with E-state index in [1.165, 1.54) is 0 Å². The highest BCUT2D eigenvalue weighted by Gasteiger charge is 2.82. The van der Waals surface area contributed by atoms with Crippen LogP contribution < -0.4 is 0 Å². The van der Waals surface area contributed by atoms with Gasteiger partial charge in [0.25, 0.3) is 12.2 Å². The number of hydrogen-bond acceptors (Lipinski definition) is 10. The highest BCUT2D eigenvalue weighted by Crippen LogP contribution is 2.36. The Morgan fingerprint density at radius 2 is 1.00 bits per heavy atom. The van der Waals surface area contributed by atoms with Crippen LogP contribution in [-0.4, -0.2) is 50.5 Å². The Morgan fingerprint density at radius 1 is 0.762 bits per heavy atom. The summed E-state index contributed by atoms with van der Waals surface area (Å²) in [6.07, 6.45) is -6.30. The zero-order valence-corrected chi connectivity index (χ0v) is 9.49. The maximum absolute atomic E-state index is 13.8. The zero-order chi connectivity index (χ0) is 16.6. The highest BCUT2D eigenvalue weighted by molar-refractivity contribution is 4.86. The van der Waals surface area contributed by atoms with Crippen molar-refractivity contribution in [1.29, 1.82) is 0 Å². The molecule has 0 saturated carbocycles. The molecule has 16 heteroatoms. The summed E-state index contributed by atoms with van der Waals surface area (Å²) in [5.41, 5.74) is 0. The molecular weight excluding hydrogens is 314 g/mol. The molecule has 118 valence electrons. The van der Waals surface area contributed by atoms with E-state index in [1.54, 1.807) is 0 Å². The minimum absolute atomic E-state index is 1.25. The summed E-state index contributed by atoms with van der Waals surface area (Å²) in [6, 6.07) is 0. The van der Waals surface area contributed by atoms with Crippen molar-refractivity contribution >= 4 is 0 Å². The van der Waals surface area contributed by atoms with Gasteiger partial charge in [0.15, 0.2) is 0 Å². The number of halogens is 2. The maximum atomic E-state index is 13.8. The van der Waals surface area contributed by atoms with Crippen LogP contribution in [0.3, 0.4) is 0 Å². The first-order valence-electron chi connectivity index (χ1n) is 4.69. The lowest BCUT2D eigenvalue weighted by atomic mass is 10.1. The van der Waals surface area contributed by atoms with E-state index < -0.39 is 50.5 Å². The fraction of sp³-hybridized carbons (Fsp3) is 1.00. The van der Waals surface area contributed by atoms with Crippen LogP contribution in [0.5, 0.6) is 0 Å². The van der Waals surface area contributed by atoms with Gasteiger partial charge in [-0.15, -0.1) is 0 Å². The maximum Gasteiger partial charge on any atom is 0.644 e. The van der Waals surface area contributed by atoms with Crippen molar-refractivity contribution in [3.63, 3.8) is 0 Å². The fourth-order valence-corrected chi connectivity index (χ4v) is 1.51. The third-order valence-corrected chi connectivity index (χ3v) is 2.52. The molecule has 0 aliphatic carbocycles. The summed E-state index contributed by atoms with van der Waals surface area (Å²) in [4.78, 5) is 33.1. The van der Waals surface area contributed by atoms with Crippen molar-refractivity contribution in [2.24, 2.45) is 0 Å². The molecule has 0 aromatic rings. The van der Waals surface area contributed by atoms with Crippen molar-refractivity contribution < 1.29 is 37.9 Å². The first kappa shape index (κ1) is 16.4. The van der Waals surface area contributed by atoms with Gasteiger partial charge in [0.05, 0.1) is 0 Å². The zero-order valence-electron chi connectivity index (χ0n) is 9.49. The van der Waals surface area contributed by atoms with Crippen molar-refractivity contribution in [2.75, 3.05) is 6.79 Å². The van der Waals surface area contributed by atoms with Crippen LogP contribution >= 0.6 is 0 Å². The van der Waals surface area contributed by atoms with Crippen LogP contribution in [0.2, 0.25) is 0 Å². The molecule has 0 amide bonds. The number of rotatable bonds is 6. The van der Waals surface area contributed by atoms with Gasteiger partial charge in [-0.25, -0.2) is 0 Å². The minimum Gasteiger partial charge on any atom is -0.331 e. The molecule has 14 nitrogen and oxygen atoms in total. The Bertz CT molecular complexity index is 440. The fourth-order valence-electron chi connectivity index (χ4n) is 1.51. The molecule has 1 saturated heterocycles. The lowest BCUT2D eigenvalue weighted by Gasteiger charge is -2.19. The third-order valence-electron chi connectivity index (χ3n) is 2.52. The van der Waals surface area contributed by atoms with Crippen molar-refractivity contribution in [1.82, 2.24) is 0 Å². The number of alkyl halides is 2. The molecule has 2 atom stereocenters. The molecule has 2 unspecified atom stereocenters. The number of hydrogen-bond donors (Lipinski definition) is 0. The van der Waals surface area contributed by atoms with E-state index in [2.05, 4.69) is 9.47 Å². The van der Waals surface area contributed by atoms with Gasteiger partial charge >= 0.3 is 11.8 Å². The van der Waals surface area contributed by atoms with Crippen LogP contribution in [-0.2, 0) is 9.47 Å². The molecule has 1 rings (SSSR count). The van der Waals surface area contributed by atoms with Gasteiger partial charge in [-0.2, -0.15) is 0 Å². The van der Waals surface area contributed by atoms with Gasteiger partial charge in [0.2, 0.25) is 0 Å². The lowest BCUT2D eigenvalue weighted by molar-refractivity contribution is -0.861. The summed E-state index contributed by atoms with van der Waals surface area (Å²) < 4.78 is 35.8. The van der Waals surface area contributed by atoms with Gasteiger partial charge in [-0.1, -0.05) is 8.78 Å². The van der Waals surface area contributed by atoms with Crippen LogP contribution in [0.4, 0.5) is 8.78 Å². The largest absolute Gasteiger partial charge is 0.644 e. The van der Waals surface area contributed by atoms with Crippen molar-refractivity contribution in [3.8, 4) is 0 Å². The topological polar surface area (TPSA) is 191 Å². The molecule has 0 spiro atoms. The van der Waals surface area contributed by atoms with E-state index >= 15 is 0 Å². The van der Waals surface area contributed by atoms with Crippen molar-refractivity contribution in [3.05, 3.63) is 40.5 Å². The van der Waals surface area contributed by atoms with Gasteiger partial charge in [0, 0.05) is 0 Å². The summed E-state index contributed by atoms with van der Waals surface area (Å²) in [5.74, 6) is -9.55. The number of nitro groups is 4. The van der Waals surface area contributed by atoms with E-state index in [0.29, 0.717) is 0 Å². The van der Waals surface area contributed by atoms with Crippen LogP contribution in [0, 0.1) is 40.5 Å². The smallest absolute Gasteiger partial charge is 0.331 e. The van der Waals surface area contributed by atoms with Gasteiger partial charge < -0.3 is 9.47 Å². The van der Waals surface area contributed by atoms with Gasteiger partial charge in [-0.3, -0.25) is 40.5 Å². The molecular formula is C5H4F2N4O10. The summed E-state index contributed by atoms with van der Waals surface area (Å²) in [6.45, 7) is -1.25. The number of nitrogens with zero attached hydrogens (tertiary/aromatic N) is 4. The normalized spacial score (nSPS) is 22.8. The molecule has 0 N–H and O–H groups in total. The Hall–Kier alpha value is -2.62. The second-order valence-electron chi connectivity index (χ2n) is 3.59. The first-order valence-corrected chi connectivity index (χ1v) is 4.69. The average Bonchev–Trinajstić information content (AvgIpc) is 2.85. The Morgan fingerprint density at radius 3 is 1.19 bits per heavy atom. The Balaban J connectivity index is 3.38. The Kier molecular flexibility index (Phi) is 3.95. The van der Waals surface area contributed by atoms with E-state index in [9.17, 15) is 49.2 Å². The molecule has 1 aliphatic rings. The number of ether oxygens (including phenoxy) is 2. The highest BCUT2D eigenvalue weighted by atomic mass is 19.2. The summed E-state index contributed by atoms with van der Waals surface area (Å²) in [5, 5.41) is 41.8. The predicted octanol–water partition coefficient (Wildman–Crippen LogP) is -0.919.